The van der Waals surface area contributed by atoms with Crippen molar-refractivity contribution < 1.29 is 23.8 Å². The highest BCUT2D eigenvalue weighted by atomic mass is 35.5. The van der Waals surface area contributed by atoms with E-state index >= 15 is 0 Å². The molecule has 0 spiro atoms. The Labute approximate surface area is 150 Å². The van der Waals surface area contributed by atoms with E-state index < -0.39 is 12.1 Å². The summed E-state index contributed by atoms with van der Waals surface area (Å²) < 4.78 is 15.7. The van der Waals surface area contributed by atoms with Crippen LogP contribution in [0.4, 0.5) is 0 Å². The molecule has 1 aliphatic rings. The first-order valence-corrected chi connectivity index (χ1v) is 8.38. The molecule has 1 saturated heterocycles. The van der Waals surface area contributed by atoms with Crippen molar-refractivity contribution in [2.45, 2.75) is 32.0 Å². The van der Waals surface area contributed by atoms with E-state index in [0.29, 0.717) is 17.3 Å². The first kappa shape index (κ1) is 18.8. The molecule has 6 nitrogen and oxygen atoms in total. The van der Waals surface area contributed by atoms with E-state index in [2.05, 4.69) is 5.32 Å². The third kappa shape index (κ3) is 5.85. The van der Waals surface area contributed by atoms with Crippen LogP contribution in [-0.4, -0.2) is 43.8 Å². The number of rotatable bonds is 7. The quantitative estimate of drug-likeness (QED) is 0.741. The van der Waals surface area contributed by atoms with Gasteiger partial charge in [0.05, 0.1) is 11.1 Å². The van der Waals surface area contributed by atoms with Crippen LogP contribution in [0.15, 0.2) is 18.2 Å². The number of ether oxygens (including phenoxy) is 3. The van der Waals surface area contributed by atoms with Crippen LogP contribution >= 0.6 is 23.2 Å². The first-order chi connectivity index (χ1) is 11.5. The number of hydrogen-bond donors (Lipinski definition) is 1. The lowest BCUT2D eigenvalue weighted by atomic mass is 10.2. The summed E-state index contributed by atoms with van der Waals surface area (Å²) in [7, 11) is 0. The van der Waals surface area contributed by atoms with Gasteiger partial charge in [0.15, 0.2) is 12.7 Å². The second-order valence-electron chi connectivity index (χ2n) is 5.38. The smallest absolute Gasteiger partial charge is 0.347 e. The minimum Gasteiger partial charge on any atom is -0.477 e. The van der Waals surface area contributed by atoms with Gasteiger partial charge in [-0.05, 0) is 38.0 Å². The van der Waals surface area contributed by atoms with Gasteiger partial charge in [0.1, 0.15) is 5.75 Å². The summed E-state index contributed by atoms with van der Waals surface area (Å²) >= 11 is 11.8. The molecule has 1 aromatic rings. The zero-order chi connectivity index (χ0) is 17.5. The Hall–Kier alpha value is -1.50. The van der Waals surface area contributed by atoms with Gasteiger partial charge in [0, 0.05) is 18.2 Å². The number of esters is 1. The summed E-state index contributed by atoms with van der Waals surface area (Å²) in [4.78, 5) is 23.5. The highest BCUT2D eigenvalue weighted by Gasteiger charge is 2.20. The molecule has 0 saturated carbocycles. The number of carbonyl (C=O) groups excluding carboxylic acids is 2. The molecule has 1 fully saturated rings. The topological polar surface area (TPSA) is 73.9 Å². The average Bonchev–Trinajstić information content (AvgIpc) is 3.06. The fraction of sp³-hybridized carbons (Fsp3) is 0.500. The Kier molecular flexibility index (Phi) is 7.15. The molecule has 132 valence electrons. The van der Waals surface area contributed by atoms with E-state index in [1.54, 1.807) is 12.1 Å². The molecule has 24 heavy (non-hydrogen) atoms. The molecular weight excluding hydrogens is 357 g/mol. The van der Waals surface area contributed by atoms with E-state index in [9.17, 15) is 9.59 Å². The molecule has 2 atom stereocenters. The van der Waals surface area contributed by atoms with Crippen LogP contribution in [0.5, 0.6) is 5.75 Å². The molecule has 0 unspecified atom stereocenters. The van der Waals surface area contributed by atoms with Gasteiger partial charge in [-0.1, -0.05) is 23.2 Å². The van der Waals surface area contributed by atoms with Crippen LogP contribution < -0.4 is 10.1 Å². The molecule has 0 aliphatic carbocycles. The van der Waals surface area contributed by atoms with Gasteiger partial charge in [0.2, 0.25) is 0 Å². The Bertz CT molecular complexity index is 590. The zero-order valence-electron chi connectivity index (χ0n) is 13.2. The maximum Gasteiger partial charge on any atom is 0.347 e. The normalized spacial score (nSPS) is 18.0. The summed E-state index contributed by atoms with van der Waals surface area (Å²) in [5, 5.41) is 3.42. The second kappa shape index (κ2) is 9.11. The van der Waals surface area contributed by atoms with Crippen molar-refractivity contribution in [2.24, 2.45) is 0 Å². The summed E-state index contributed by atoms with van der Waals surface area (Å²) in [5.41, 5.74) is 0. The Morgan fingerprint density at radius 2 is 2.21 bits per heavy atom. The molecule has 0 radical (unpaired) electrons. The summed E-state index contributed by atoms with van der Waals surface area (Å²) in [5.74, 6) is -0.725. The molecule has 2 rings (SSSR count). The van der Waals surface area contributed by atoms with Crippen LogP contribution in [0.25, 0.3) is 0 Å². The van der Waals surface area contributed by atoms with Crippen LogP contribution in [0.2, 0.25) is 10.0 Å². The molecule has 1 aromatic carbocycles. The van der Waals surface area contributed by atoms with Crippen molar-refractivity contribution in [1.82, 2.24) is 5.32 Å². The van der Waals surface area contributed by atoms with E-state index in [1.807, 2.05) is 0 Å². The van der Waals surface area contributed by atoms with E-state index in [4.69, 9.17) is 37.4 Å². The molecule has 1 aliphatic heterocycles. The molecular formula is C16H19Cl2NO5. The second-order valence-corrected chi connectivity index (χ2v) is 6.23. The predicted molar refractivity (Wildman–Crippen MR) is 89.5 cm³/mol. The molecule has 8 heteroatoms. The number of halogens is 2. The number of nitrogens with one attached hydrogen (secondary N) is 1. The van der Waals surface area contributed by atoms with E-state index in [0.717, 1.165) is 19.4 Å². The fourth-order valence-electron chi connectivity index (χ4n) is 2.15. The van der Waals surface area contributed by atoms with Crippen molar-refractivity contribution in [3.05, 3.63) is 28.2 Å². The monoisotopic (exact) mass is 375 g/mol. The van der Waals surface area contributed by atoms with Crippen LogP contribution in [0, 0.1) is 0 Å². The molecule has 0 aromatic heterocycles. The van der Waals surface area contributed by atoms with Crippen LogP contribution in [0.1, 0.15) is 19.8 Å². The van der Waals surface area contributed by atoms with Gasteiger partial charge in [-0.15, -0.1) is 0 Å². The lowest BCUT2D eigenvalue weighted by molar-refractivity contribution is -0.154. The first-order valence-electron chi connectivity index (χ1n) is 7.62. The highest BCUT2D eigenvalue weighted by molar-refractivity contribution is 6.35. The van der Waals surface area contributed by atoms with E-state index in [1.165, 1.54) is 13.0 Å². The molecule has 1 N–H and O–H groups in total. The van der Waals surface area contributed by atoms with Crippen molar-refractivity contribution >= 4 is 35.1 Å². The number of carbonyl (C=O) groups is 2. The Morgan fingerprint density at radius 1 is 1.42 bits per heavy atom. The van der Waals surface area contributed by atoms with Gasteiger partial charge in [0.25, 0.3) is 5.91 Å². The molecule has 1 amide bonds. The Morgan fingerprint density at radius 3 is 2.88 bits per heavy atom. The maximum atomic E-state index is 11.9. The SMILES string of the molecule is C[C@@H](Oc1ccc(Cl)cc1Cl)C(=O)OCC(=O)NC[C@H]1CCCO1. The molecule has 1 heterocycles. The third-order valence-corrected chi connectivity index (χ3v) is 3.96. The minimum atomic E-state index is -0.908. The zero-order valence-corrected chi connectivity index (χ0v) is 14.7. The largest absolute Gasteiger partial charge is 0.477 e. The van der Waals surface area contributed by atoms with Gasteiger partial charge >= 0.3 is 5.97 Å². The summed E-state index contributed by atoms with van der Waals surface area (Å²) in [6.07, 6.45) is 1.05. The number of hydrogen-bond acceptors (Lipinski definition) is 5. The maximum absolute atomic E-state index is 11.9. The lowest BCUT2D eigenvalue weighted by Crippen LogP contribution is -2.36. The average molecular weight is 376 g/mol. The molecule has 0 bridgehead atoms. The Balaban J connectivity index is 1.71. The van der Waals surface area contributed by atoms with E-state index in [-0.39, 0.29) is 23.6 Å². The van der Waals surface area contributed by atoms with Gasteiger partial charge in [-0.2, -0.15) is 0 Å². The van der Waals surface area contributed by atoms with Gasteiger partial charge < -0.3 is 19.5 Å². The van der Waals surface area contributed by atoms with Crippen LogP contribution in [-0.2, 0) is 19.1 Å². The van der Waals surface area contributed by atoms with Crippen molar-refractivity contribution in [2.75, 3.05) is 19.8 Å². The standard InChI is InChI=1S/C16H19Cl2NO5/c1-10(24-14-5-4-11(17)7-13(14)18)16(21)23-9-15(20)19-8-12-3-2-6-22-12/h4-5,7,10,12H,2-3,6,8-9H2,1H3,(H,19,20)/t10-,12-/m1/s1. The summed E-state index contributed by atoms with van der Waals surface area (Å²) in [6, 6.07) is 4.66. The lowest BCUT2D eigenvalue weighted by Gasteiger charge is -2.15. The van der Waals surface area contributed by atoms with Crippen molar-refractivity contribution in [3.63, 3.8) is 0 Å². The summed E-state index contributed by atoms with van der Waals surface area (Å²) in [6.45, 7) is 2.28. The van der Waals surface area contributed by atoms with Crippen molar-refractivity contribution in [3.8, 4) is 5.75 Å². The van der Waals surface area contributed by atoms with Gasteiger partial charge in [-0.25, -0.2) is 4.79 Å². The van der Waals surface area contributed by atoms with Gasteiger partial charge in [-0.3, -0.25) is 4.79 Å². The number of benzene rings is 1. The van der Waals surface area contributed by atoms with Crippen LogP contribution in [0.3, 0.4) is 0 Å². The predicted octanol–water partition coefficient (Wildman–Crippen LogP) is 2.60. The van der Waals surface area contributed by atoms with Crippen molar-refractivity contribution in [1.29, 1.82) is 0 Å². The fourth-order valence-corrected chi connectivity index (χ4v) is 2.60. The third-order valence-electron chi connectivity index (χ3n) is 3.43. The number of amides is 1. The highest BCUT2D eigenvalue weighted by Crippen LogP contribution is 2.28. The minimum absolute atomic E-state index is 0.0407.